The molecule has 2 aromatic carbocycles. The highest BCUT2D eigenvalue weighted by Crippen LogP contribution is 2.42. The summed E-state index contributed by atoms with van der Waals surface area (Å²) in [5, 5.41) is 1.91. The van der Waals surface area contributed by atoms with Gasteiger partial charge in [0.15, 0.2) is 0 Å². The molecule has 0 amide bonds. The third-order valence-electron chi connectivity index (χ3n) is 6.38. The van der Waals surface area contributed by atoms with E-state index in [1.54, 1.807) is 27.6 Å². The normalized spacial score (nSPS) is 12.3. The van der Waals surface area contributed by atoms with E-state index in [1.807, 2.05) is 0 Å². The smallest absolute Gasteiger partial charge is 0.00691 e. The number of hydrogen-bond acceptors (Lipinski definition) is 0. The lowest BCUT2D eigenvalue weighted by Gasteiger charge is -2.29. The molecular formula is C29H45P. The molecule has 1 heteroatoms. The first-order valence-corrected chi connectivity index (χ1v) is 13.1. The van der Waals surface area contributed by atoms with Gasteiger partial charge in [-0.1, -0.05) is 81.5 Å². The Bertz CT molecular complexity index is 853. The van der Waals surface area contributed by atoms with E-state index in [0.717, 1.165) is 8.58 Å². The molecule has 0 aliphatic rings. The molecule has 0 spiro atoms. The molecule has 0 heterocycles. The van der Waals surface area contributed by atoms with Crippen molar-refractivity contribution in [3.8, 4) is 11.1 Å². The van der Waals surface area contributed by atoms with E-state index in [4.69, 9.17) is 0 Å². The lowest BCUT2D eigenvalue weighted by molar-refractivity contribution is 0.799. The third kappa shape index (κ3) is 5.56. The number of aryl methyl sites for hydroxylation is 3. The average molecular weight is 425 g/mol. The SMILES string of the molecule is CCCc1cc(CCC)c(-c2c(C)c(C)c(C)c(C)c2PC(C)(C)C)c(CCC)c1. The van der Waals surface area contributed by atoms with Crippen molar-refractivity contribution in [3.63, 3.8) is 0 Å². The molecule has 0 saturated carbocycles. The van der Waals surface area contributed by atoms with Crippen LogP contribution in [0.5, 0.6) is 0 Å². The maximum Gasteiger partial charge on any atom is -0.00691 e. The Kier molecular flexibility index (Phi) is 8.76. The molecule has 0 N–H and O–H groups in total. The van der Waals surface area contributed by atoms with Crippen molar-refractivity contribution in [2.75, 3.05) is 0 Å². The molecule has 0 fully saturated rings. The minimum Gasteiger partial charge on any atom is -0.0839 e. The molecule has 0 nitrogen and oxygen atoms in total. The van der Waals surface area contributed by atoms with Crippen molar-refractivity contribution in [2.24, 2.45) is 0 Å². The van der Waals surface area contributed by atoms with Crippen LogP contribution in [0, 0.1) is 27.7 Å². The molecule has 30 heavy (non-hydrogen) atoms. The van der Waals surface area contributed by atoms with Gasteiger partial charge in [0.05, 0.1) is 0 Å². The zero-order chi connectivity index (χ0) is 22.6. The van der Waals surface area contributed by atoms with Crippen molar-refractivity contribution in [1.29, 1.82) is 0 Å². The minimum absolute atomic E-state index is 0.297. The van der Waals surface area contributed by atoms with Gasteiger partial charge < -0.3 is 0 Å². The molecule has 0 aliphatic carbocycles. The predicted octanol–water partition coefficient (Wildman–Crippen LogP) is 8.55. The lowest BCUT2D eigenvalue weighted by Crippen LogP contribution is -2.20. The summed E-state index contributed by atoms with van der Waals surface area (Å²) in [5.41, 5.74) is 13.8. The van der Waals surface area contributed by atoms with E-state index in [0.29, 0.717) is 5.16 Å². The molecule has 1 unspecified atom stereocenters. The van der Waals surface area contributed by atoms with E-state index in [9.17, 15) is 0 Å². The van der Waals surface area contributed by atoms with Crippen molar-refractivity contribution in [3.05, 3.63) is 51.1 Å². The summed E-state index contributed by atoms with van der Waals surface area (Å²) in [6.45, 7) is 23.5. The molecule has 0 saturated heterocycles. The molecule has 1 atom stereocenters. The Morgan fingerprint density at radius 3 is 1.53 bits per heavy atom. The zero-order valence-electron chi connectivity index (χ0n) is 21.4. The summed E-state index contributed by atoms with van der Waals surface area (Å²) in [5.74, 6) is 0. The van der Waals surface area contributed by atoms with Crippen molar-refractivity contribution in [1.82, 2.24) is 0 Å². The van der Waals surface area contributed by atoms with Crippen molar-refractivity contribution < 1.29 is 0 Å². The fourth-order valence-corrected chi connectivity index (χ4v) is 6.25. The van der Waals surface area contributed by atoms with Gasteiger partial charge >= 0.3 is 0 Å². The fraction of sp³-hybridized carbons (Fsp3) is 0.586. The maximum atomic E-state index is 2.54. The largest absolute Gasteiger partial charge is 0.0839 e. The van der Waals surface area contributed by atoms with Gasteiger partial charge in [0.25, 0.3) is 0 Å². The number of benzene rings is 2. The fourth-order valence-electron chi connectivity index (χ4n) is 4.68. The predicted molar refractivity (Wildman–Crippen MR) is 141 cm³/mol. The number of hydrogen-bond donors (Lipinski definition) is 0. The van der Waals surface area contributed by atoms with E-state index in [2.05, 4.69) is 81.4 Å². The van der Waals surface area contributed by atoms with Crippen LogP contribution in [0.15, 0.2) is 12.1 Å². The van der Waals surface area contributed by atoms with Gasteiger partial charge in [0.1, 0.15) is 0 Å². The monoisotopic (exact) mass is 424 g/mol. The van der Waals surface area contributed by atoms with Crippen LogP contribution in [0.25, 0.3) is 11.1 Å². The van der Waals surface area contributed by atoms with E-state index < -0.39 is 0 Å². The second-order valence-corrected chi connectivity index (χ2v) is 12.4. The Balaban J connectivity index is 2.97. The van der Waals surface area contributed by atoms with Crippen LogP contribution >= 0.6 is 8.58 Å². The highest BCUT2D eigenvalue weighted by Gasteiger charge is 2.24. The van der Waals surface area contributed by atoms with E-state index >= 15 is 0 Å². The topological polar surface area (TPSA) is 0 Å². The van der Waals surface area contributed by atoms with Crippen molar-refractivity contribution >= 4 is 13.9 Å². The molecule has 2 rings (SSSR count). The highest BCUT2D eigenvalue weighted by molar-refractivity contribution is 7.49. The second-order valence-electron chi connectivity index (χ2n) is 10.2. The first-order valence-electron chi connectivity index (χ1n) is 12.1. The van der Waals surface area contributed by atoms with Crippen LogP contribution in [-0.4, -0.2) is 5.16 Å². The van der Waals surface area contributed by atoms with Gasteiger partial charge in [0, 0.05) is 0 Å². The summed E-state index contributed by atoms with van der Waals surface area (Å²) < 4.78 is 0. The maximum absolute atomic E-state index is 2.54. The zero-order valence-corrected chi connectivity index (χ0v) is 22.4. The van der Waals surface area contributed by atoms with Crippen LogP contribution in [0.3, 0.4) is 0 Å². The van der Waals surface area contributed by atoms with Crippen LogP contribution in [0.2, 0.25) is 0 Å². The molecule has 166 valence electrons. The summed E-state index contributed by atoms with van der Waals surface area (Å²) in [6.07, 6.45) is 7.16. The Labute approximate surface area is 189 Å². The van der Waals surface area contributed by atoms with Crippen LogP contribution in [0.4, 0.5) is 0 Å². The van der Waals surface area contributed by atoms with Gasteiger partial charge in [0.2, 0.25) is 0 Å². The third-order valence-corrected chi connectivity index (χ3v) is 8.00. The Morgan fingerprint density at radius 1 is 0.633 bits per heavy atom. The Morgan fingerprint density at radius 2 is 1.10 bits per heavy atom. The van der Waals surface area contributed by atoms with E-state index in [1.165, 1.54) is 66.3 Å². The van der Waals surface area contributed by atoms with Crippen LogP contribution < -0.4 is 5.30 Å². The van der Waals surface area contributed by atoms with Gasteiger partial charge in [-0.25, -0.2) is 0 Å². The van der Waals surface area contributed by atoms with Crippen LogP contribution in [0.1, 0.15) is 99.7 Å². The van der Waals surface area contributed by atoms with Gasteiger partial charge in [-0.2, -0.15) is 0 Å². The molecule has 0 bridgehead atoms. The molecule has 0 aliphatic heterocycles. The Hall–Kier alpha value is -1.13. The summed E-state index contributed by atoms with van der Waals surface area (Å²) in [4.78, 5) is 0. The first kappa shape index (κ1) is 25.1. The summed E-state index contributed by atoms with van der Waals surface area (Å²) >= 11 is 0. The second kappa shape index (κ2) is 10.5. The number of rotatable bonds is 8. The summed E-state index contributed by atoms with van der Waals surface area (Å²) in [7, 11) is 0.821. The van der Waals surface area contributed by atoms with Gasteiger partial charge in [-0.05, 0) is 107 Å². The average Bonchev–Trinajstić information content (AvgIpc) is 2.66. The standard InChI is InChI=1S/C29H45P/c1-11-14-23-17-24(15-12-2)27(25(18-23)16-13-3)26-21(6)19(4)20(5)22(7)28(26)30-29(8,9)10/h17-18,30H,11-16H2,1-10H3. The quantitative estimate of drug-likeness (QED) is 0.372. The molecule has 0 radical (unpaired) electrons. The first-order chi connectivity index (χ1) is 14.1. The summed E-state index contributed by atoms with van der Waals surface area (Å²) in [6, 6.07) is 5.07. The van der Waals surface area contributed by atoms with Gasteiger partial charge in [-0.15, -0.1) is 0 Å². The molecule has 2 aromatic rings. The van der Waals surface area contributed by atoms with Crippen molar-refractivity contribution in [2.45, 2.75) is 113 Å². The minimum atomic E-state index is 0.297. The van der Waals surface area contributed by atoms with E-state index in [-0.39, 0.29) is 0 Å². The highest BCUT2D eigenvalue weighted by atomic mass is 31.1. The molecule has 0 aromatic heterocycles. The lowest BCUT2D eigenvalue weighted by atomic mass is 9.83. The van der Waals surface area contributed by atoms with Crippen LogP contribution in [-0.2, 0) is 19.3 Å². The van der Waals surface area contributed by atoms with Gasteiger partial charge in [-0.3, -0.25) is 0 Å². The molecular weight excluding hydrogens is 379 g/mol.